The van der Waals surface area contributed by atoms with Crippen LogP contribution in [0.2, 0.25) is 0 Å². The molecular formula is C19H30O3. The van der Waals surface area contributed by atoms with Gasteiger partial charge in [0.1, 0.15) is 6.10 Å². The van der Waals surface area contributed by atoms with Crippen LogP contribution in [0.1, 0.15) is 65.2 Å². The van der Waals surface area contributed by atoms with Crippen molar-refractivity contribution in [3.05, 3.63) is 0 Å². The minimum atomic E-state index is -0.715. The molecule has 0 aromatic rings. The van der Waals surface area contributed by atoms with Crippen molar-refractivity contribution >= 4 is 5.78 Å². The highest BCUT2D eigenvalue weighted by Gasteiger charge is 2.62. The van der Waals surface area contributed by atoms with Crippen LogP contribution in [0, 0.1) is 34.5 Å². The van der Waals surface area contributed by atoms with Gasteiger partial charge in [0.25, 0.3) is 0 Å². The first-order valence-corrected chi connectivity index (χ1v) is 9.26. The highest BCUT2D eigenvalue weighted by Crippen LogP contribution is 2.65. The van der Waals surface area contributed by atoms with Crippen LogP contribution < -0.4 is 0 Å². The molecule has 0 aromatic heterocycles. The number of Topliss-reactive ketones (excluding diaryl/α,β-unsaturated/α-hetero) is 1. The summed E-state index contributed by atoms with van der Waals surface area (Å²) in [5.41, 5.74) is 0.0814. The molecule has 4 rings (SSSR count). The maximum atomic E-state index is 12.5. The maximum Gasteiger partial charge on any atom is 0.167 e. The fraction of sp³-hybridized carbons (Fsp3) is 0.947. The fourth-order valence-electron chi connectivity index (χ4n) is 7.02. The van der Waals surface area contributed by atoms with Crippen molar-refractivity contribution in [2.45, 2.75) is 77.4 Å². The van der Waals surface area contributed by atoms with Crippen LogP contribution in [0.3, 0.4) is 0 Å². The second-order valence-electron chi connectivity index (χ2n) is 9.16. The number of aliphatic hydroxyl groups excluding tert-OH is 2. The Kier molecular flexibility index (Phi) is 3.30. The molecule has 124 valence electrons. The van der Waals surface area contributed by atoms with E-state index in [2.05, 4.69) is 13.8 Å². The zero-order valence-electron chi connectivity index (χ0n) is 13.9. The van der Waals surface area contributed by atoms with E-state index in [4.69, 9.17) is 0 Å². The van der Waals surface area contributed by atoms with Gasteiger partial charge in [0.05, 0.1) is 6.10 Å². The van der Waals surface area contributed by atoms with Gasteiger partial charge in [0, 0.05) is 5.41 Å². The summed E-state index contributed by atoms with van der Waals surface area (Å²) in [5.74, 6) is 2.45. The molecule has 4 fully saturated rings. The Labute approximate surface area is 133 Å². The minimum Gasteiger partial charge on any atom is -0.393 e. The molecule has 0 unspecified atom stereocenters. The monoisotopic (exact) mass is 306 g/mol. The largest absolute Gasteiger partial charge is 0.393 e. The van der Waals surface area contributed by atoms with E-state index < -0.39 is 6.10 Å². The van der Waals surface area contributed by atoms with Crippen LogP contribution in [0.15, 0.2) is 0 Å². The van der Waals surface area contributed by atoms with Gasteiger partial charge in [-0.25, -0.2) is 0 Å². The number of carbonyl (C=O) groups is 1. The smallest absolute Gasteiger partial charge is 0.167 e. The number of hydrogen-bond donors (Lipinski definition) is 2. The van der Waals surface area contributed by atoms with Crippen molar-refractivity contribution < 1.29 is 15.0 Å². The summed E-state index contributed by atoms with van der Waals surface area (Å²) in [5, 5.41) is 20.2. The molecule has 4 saturated carbocycles. The molecule has 0 bridgehead atoms. The number of ketones is 1. The quantitative estimate of drug-likeness (QED) is 0.723. The first-order chi connectivity index (χ1) is 10.4. The molecule has 4 aliphatic rings. The lowest BCUT2D eigenvalue weighted by Gasteiger charge is -2.59. The van der Waals surface area contributed by atoms with E-state index in [1.54, 1.807) is 0 Å². The Bertz CT molecular complexity index is 489. The summed E-state index contributed by atoms with van der Waals surface area (Å²) in [7, 11) is 0. The molecule has 0 heterocycles. The molecule has 0 aromatic carbocycles. The summed E-state index contributed by atoms with van der Waals surface area (Å²) in [6.45, 7) is 4.57. The molecule has 0 radical (unpaired) electrons. The zero-order valence-corrected chi connectivity index (χ0v) is 13.9. The van der Waals surface area contributed by atoms with Crippen LogP contribution >= 0.6 is 0 Å². The predicted octanol–water partition coefficient (Wildman–Crippen LogP) is 2.93. The topological polar surface area (TPSA) is 57.5 Å². The molecule has 2 N–H and O–H groups in total. The lowest BCUT2D eigenvalue weighted by Crippen LogP contribution is -2.54. The van der Waals surface area contributed by atoms with E-state index in [1.165, 1.54) is 12.8 Å². The minimum absolute atomic E-state index is 0.0987. The number of fused-ring (bicyclic) bond motifs is 5. The summed E-state index contributed by atoms with van der Waals surface area (Å²) in [4.78, 5) is 12.5. The van der Waals surface area contributed by atoms with Gasteiger partial charge in [-0.3, -0.25) is 4.79 Å². The number of rotatable bonds is 0. The predicted molar refractivity (Wildman–Crippen MR) is 84.1 cm³/mol. The van der Waals surface area contributed by atoms with Gasteiger partial charge in [-0.1, -0.05) is 13.8 Å². The average molecular weight is 306 g/mol. The van der Waals surface area contributed by atoms with Gasteiger partial charge < -0.3 is 10.2 Å². The molecule has 0 amide bonds. The van der Waals surface area contributed by atoms with E-state index in [0.29, 0.717) is 35.5 Å². The molecule has 3 nitrogen and oxygen atoms in total. The van der Waals surface area contributed by atoms with Gasteiger partial charge in [-0.15, -0.1) is 0 Å². The molecule has 0 spiro atoms. The maximum absolute atomic E-state index is 12.5. The Morgan fingerprint density at radius 2 is 1.73 bits per heavy atom. The van der Waals surface area contributed by atoms with Crippen LogP contribution in [-0.4, -0.2) is 28.2 Å². The van der Waals surface area contributed by atoms with Gasteiger partial charge in [0.15, 0.2) is 5.78 Å². The molecule has 8 atom stereocenters. The van der Waals surface area contributed by atoms with Crippen molar-refractivity contribution in [1.82, 2.24) is 0 Å². The van der Waals surface area contributed by atoms with Crippen LogP contribution in [0.5, 0.6) is 0 Å². The first-order valence-electron chi connectivity index (χ1n) is 9.26. The molecule has 4 aliphatic carbocycles. The lowest BCUT2D eigenvalue weighted by molar-refractivity contribution is -0.144. The third kappa shape index (κ3) is 1.84. The first kappa shape index (κ1) is 15.1. The Hall–Kier alpha value is -0.410. The van der Waals surface area contributed by atoms with Crippen molar-refractivity contribution in [1.29, 1.82) is 0 Å². The average Bonchev–Trinajstić information content (AvgIpc) is 2.72. The second-order valence-corrected chi connectivity index (χ2v) is 9.16. The summed E-state index contributed by atoms with van der Waals surface area (Å²) >= 11 is 0. The van der Waals surface area contributed by atoms with Crippen molar-refractivity contribution in [3.63, 3.8) is 0 Å². The van der Waals surface area contributed by atoms with Crippen molar-refractivity contribution in [3.8, 4) is 0 Å². The lowest BCUT2D eigenvalue weighted by atomic mass is 9.45. The standard InChI is InChI=1S/C19H30O3/c1-18-7-5-12(20)9-11(18)3-4-13-14(18)6-8-19(2)15(13)10-16(21)17(19)22/h11-16,20-21H,3-10H2,1-2H3/t11-,12+,13+,14-,15-,16+,18-,19-/m0/s1. The molecule has 3 heteroatoms. The van der Waals surface area contributed by atoms with E-state index >= 15 is 0 Å². The van der Waals surface area contributed by atoms with Gasteiger partial charge in [-0.2, -0.15) is 0 Å². The van der Waals surface area contributed by atoms with Gasteiger partial charge in [-0.05, 0) is 80.5 Å². The molecule has 0 aliphatic heterocycles. The Morgan fingerprint density at radius 3 is 2.50 bits per heavy atom. The van der Waals surface area contributed by atoms with Crippen LogP contribution in [-0.2, 0) is 4.79 Å². The van der Waals surface area contributed by atoms with Crippen molar-refractivity contribution in [2.24, 2.45) is 34.5 Å². The van der Waals surface area contributed by atoms with Gasteiger partial charge in [0.2, 0.25) is 0 Å². The van der Waals surface area contributed by atoms with E-state index in [1.807, 2.05) is 0 Å². The van der Waals surface area contributed by atoms with Crippen LogP contribution in [0.4, 0.5) is 0 Å². The van der Waals surface area contributed by atoms with Crippen LogP contribution in [0.25, 0.3) is 0 Å². The zero-order chi connectivity index (χ0) is 15.7. The normalized spacial score (nSPS) is 57.9. The molecule has 0 saturated heterocycles. The Morgan fingerprint density at radius 1 is 0.955 bits per heavy atom. The number of carbonyl (C=O) groups excluding carboxylic acids is 1. The Balaban J connectivity index is 1.64. The van der Waals surface area contributed by atoms with Gasteiger partial charge >= 0.3 is 0 Å². The summed E-state index contributed by atoms with van der Waals surface area (Å²) < 4.78 is 0. The third-order valence-corrected chi connectivity index (χ3v) is 8.37. The van der Waals surface area contributed by atoms with E-state index in [-0.39, 0.29) is 17.3 Å². The second kappa shape index (κ2) is 4.80. The van der Waals surface area contributed by atoms with Crippen molar-refractivity contribution in [2.75, 3.05) is 0 Å². The summed E-state index contributed by atoms with van der Waals surface area (Å²) in [6.07, 6.45) is 7.43. The number of hydrogen-bond acceptors (Lipinski definition) is 3. The fourth-order valence-corrected chi connectivity index (χ4v) is 7.02. The third-order valence-electron chi connectivity index (χ3n) is 8.37. The van der Waals surface area contributed by atoms with E-state index in [9.17, 15) is 15.0 Å². The molecule has 22 heavy (non-hydrogen) atoms. The number of aliphatic hydroxyl groups is 2. The molecular weight excluding hydrogens is 276 g/mol. The van der Waals surface area contributed by atoms with E-state index in [0.717, 1.165) is 32.1 Å². The SMILES string of the molecule is C[C@]12CC[C@@H](O)C[C@@H]1CC[C@@H]1[C@@H]2CC[C@]2(C)C(=O)[C@H](O)C[C@@H]12. The highest BCUT2D eigenvalue weighted by atomic mass is 16.3. The highest BCUT2D eigenvalue weighted by molar-refractivity contribution is 5.91. The summed E-state index contributed by atoms with van der Waals surface area (Å²) in [6, 6.07) is 0.